The van der Waals surface area contributed by atoms with Gasteiger partial charge < -0.3 is 20.7 Å². The average Bonchev–Trinajstić information content (AvgIpc) is 3.15. The first kappa shape index (κ1) is 24.7. The highest BCUT2D eigenvalue weighted by atomic mass is 35.5. The molecule has 0 unspecified atom stereocenters. The lowest BCUT2D eigenvalue weighted by Gasteiger charge is -2.17. The molecule has 0 saturated heterocycles. The Bertz CT molecular complexity index is 1390. The van der Waals surface area contributed by atoms with Gasteiger partial charge in [0.05, 0.1) is 33.8 Å². The number of nitrogens with one attached hydrogen (secondary N) is 3. The van der Waals surface area contributed by atoms with Gasteiger partial charge in [0, 0.05) is 12.1 Å². The number of fused-ring (bicyclic) bond motifs is 1. The van der Waals surface area contributed by atoms with Crippen LogP contribution in [0.25, 0.3) is 0 Å². The van der Waals surface area contributed by atoms with Crippen molar-refractivity contribution in [3.8, 4) is 5.75 Å². The summed E-state index contributed by atoms with van der Waals surface area (Å²) in [5, 5.41) is 8.53. The molecular weight excluding hydrogens is 490 g/mol. The fraction of sp³-hybridized carbons (Fsp3) is 0.292. The van der Waals surface area contributed by atoms with Crippen LogP contribution in [0.1, 0.15) is 43.6 Å². The zero-order valence-corrected chi connectivity index (χ0v) is 21.3. The van der Waals surface area contributed by atoms with Gasteiger partial charge >= 0.3 is 0 Å². The van der Waals surface area contributed by atoms with Gasteiger partial charge in [0.25, 0.3) is 5.91 Å². The zero-order chi connectivity index (χ0) is 25.3. The van der Waals surface area contributed by atoms with Crippen molar-refractivity contribution in [2.45, 2.75) is 50.5 Å². The van der Waals surface area contributed by atoms with Crippen LogP contribution < -0.4 is 20.7 Å². The summed E-state index contributed by atoms with van der Waals surface area (Å²) in [5.74, 6) is 0.798. The van der Waals surface area contributed by atoms with E-state index in [1.165, 1.54) is 12.3 Å². The van der Waals surface area contributed by atoms with E-state index < -0.39 is 15.1 Å². The standard InChI is InChI=1S/C24H26ClN5O4S/c1-13(2)34-20-9-15-11-26-23(31)16(15)10-19(20)29-24-27-12-17(25)22(30-24)28-18-7-5-6-8-21(18)35(32,33)14(3)4/h5-10,12-14H,11H2,1-4H3,(H,26,31)(H2,27,28,29,30). The Morgan fingerprint density at radius 2 is 1.83 bits per heavy atom. The van der Waals surface area contributed by atoms with Gasteiger partial charge in [-0.1, -0.05) is 23.7 Å². The van der Waals surface area contributed by atoms with Crippen molar-refractivity contribution in [1.29, 1.82) is 0 Å². The smallest absolute Gasteiger partial charge is 0.251 e. The number of para-hydroxylation sites is 1. The molecule has 0 aliphatic carbocycles. The molecule has 1 aliphatic rings. The van der Waals surface area contributed by atoms with Crippen LogP contribution in [0.5, 0.6) is 5.75 Å². The number of anilines is 4. The highest BCUT2D eigenvalue weighted by molar-refractivity contribution is 7.92. The predicted molar refractivity (Wildman–Crippen MR) is 136 cm³/mol. The number of hydrogen-bond acceptors (Lipinski definition) is 8. The largest absolute Gasteiger partial charge is 0.489 e. The fourth-order valence-corrected chi connectivity index (χ4v) is 4.87. The molecule has 35 heavy (non-hydrogen) atoms. The molecule has 0 fully saturated rings. The molecule has 9 nitrogen and oxygen atoms in total. The van der Waals surface area contributed by atoms with Gasteiger partial charge in [0.1, 0.15) is 10.8 Å². The number of benzene rings is 2. The van der Waals surface area contributed by atoms with Gasteiger partial charge in [-0.15, -0.1) is 0 Å². The van der Waals surface area contributed by atoms with Crippen molar-refractivity contribution in [3.05, 3.63) is 58.7 Å². The van der Waals surface area contributed by atoms with E-state index in [1.54, 1.807) is 38.1 Å². The second kappa shape index (κ2) is 9.71. The first-order valence-electron chi connectivity index (χ1n) is 11.1. The number of hydrogen-bond donors (Lipinski definition) is 3. The summed E-state index contributed by atoms with van der Waals surface area (Å²) in [7, 11) is -3.55. The summed E-state index contributed by atoms with van der Waals surface area (Å²) < 4.78 is 31.6. The summed E-state index contributed by atoms with van der Waals surface area (Å²) in [6.07, 6.45) is 1.31. The highest BCUT2D eigenvalue weighted by Gasteiger charge is 2.24. The molecule has 2 aromatic carbocycles. The monoisotopic (exact) mass is 515 g/mol. The lowest BCUT2D eigenvalue weighted by atomic mass is 10.1. The summed E-state index contributed by atoms with van der Waals surface area (Å²) in [5.41, 5.74) is 2.26. The molecule has 1 aliphatic heterocycles. The number of ether oxygens (including phenoxy) is 1. The van der Waals surface area contributed by atoms with Crippen LogP contribution in [0.3, 0.4) is 0 Å². The Morgan fingerprint density at radius 1 is 1.09 bits per heavy atom. The molecule has 0 atom stereocenters. The van der Waals surface area contributed by atoms with Gasteiger partial charge in [-0.2, -0.15) is 4.98 Å². The summed E-state index contributed by atoms with van der Waals surface area (Å²) >= 11 is 6.33. The minimum absolute atomic E-state index is 0.0959. The Balaban J connectivity index is 1.69. The summed E-state index contributed by atoms with van der Waals surface area (Å²) in [6, 6.07) is 10.1. The van der Waals surface area contributed by atoms with Crippen LogP contribution in [-0.2, 0) is 16.4 Å². The normalized spacial score (nSPS) is 13.1. The number of carbonyl (C=O) groups is 1. The second-order valence-electron chi connectivity index (χ2n) is 8.58. The number of amides is 1. The van der Waals surface area contributed by atoms with E-state index in [-0.39, 0.29) is 33.7 Å². The van der Waals surface area contributed by atoms with E-state index in [2.05, 4.69) is 25.9 Å². The number of sulfone groups is 1. The zero-order valence-electron chi connectivity index (χ0n) is 19.7. The van der Waals surface area contributed by atoms with Crippen molar-refractivity contribution in [2.24, 2.45) is 0 Å². The Hall–Kier alpha value is -3.37. The van der Waals surface area contributed by atoms with Gasteiger partial charge in [-0.05, 0) is 57.5 Å². The van der Waals surface area contributed by atoms with E-state index in [1.807, 2.05) is 19.9 Å². The average molecular weight is 516 g/mol. The van der Waals surface area contributed by atoms with E-state index in [4.69, 9.17) is 16.3 Å². The van der Waals surface area contributed by atoms with Gasteiger partial charge in [-0.25, -0.2) is 13.4 Å². The van der Waals surface area contributed by atoms with Crippen molar-refractivity contribution in [3.63, 3.8) is 0 Å². The first-order valence-corrected chi connectivity index (χ1v) is 13.0. The SMILES string of the molecule is CC(C)Oc1cc2c(cc1Nc1ncc(Cl)c(Nc3ccccc3S(=O)(=O)C(C)C)n1)C(=O)NC2. The van der Waals surface area contributed by atoms with E-state index in [9.17, 15) is 13.2 Å². The number of aromatic nitrogens is 2. The van der Waals surface area contributed by atoms with Gasteiger partial charge in [0.15, 0.2) is 15.7 Å². The van der Waals surface area contributed by atoms with Crippen LogP contribution in [0.4, 0.5) is 23.1 Å². The quantitative estimate of drug-likeness (QED) is 0.390. The second-order valence-corrected chi connectivity index (χ2v) is 11.5. The Morgan fingerprint density at radius 3 is 2.54 bits per heavy atom. The van der Waals surface area contributed by atoms with Gasteiger partial charge in [-0.3, -0.25) is 4.79 Å². The summed E-state index contributed by atoms with van der Waals surface area (Å²) in [6.45, 7) is 7.50. The molecule has 11 heteroatoms. The number of nitrogens with zero attached hydrogens (tertiary/aromatic N) is 2. The first-order chi connectivity index (χ1) is 16.6. The van der Waals surface area contributed by atoms with Crippen molar-refractivity contribution in [2.75, 3.05) is 10.6 Å². The van der Waals surface area contributed by atoms with E-state index in [0.29, 0.717) is 29.2 Å². The molecule has 1 aromatic heterocycles. The molecule has 0 radical (unpaired) electrons. The highest BCUT2D eigenvalue weighted by Crippen LogP contribution is 2.35. The molecule has 184 valence electrons. The third-order valence-electron chi connectivity index (χ3n) is 5.31. The van der Waals surface area contributed by atoms with Gasteiger partial charge in [0.2, 0.25) is 5.95 Å². The van der Waals surface area contributed by atoms with Crippen molar-refractivity contribution < 1.29 is 17.9 Å². The molecule has 0 bridgehead atoms. The minimum atomic E-state index is -3.55. The lowest BCUT2D eigenvalue weighted by Crippen LogP contribution is -2.15. The maximum absolute atomic E-state index is 12.8. The van der Waals surface area contributed by atoms with Crippen molar-refractivity contribution in [1.82, 2.24) is 15.3 Å². The fourth-order valence-electron chi connectivity index (χ4n) is 3.53. The third-order valence-corrected chi connectivity index (χ3v) is 7.80. The molecule has 4 rings (SSSR count). The van der Waals surface area contributed by atoms with Crippen LogP contribution in [-0.4, -0.2) is 35.6 Å². The molecular formula is C24H26ClN5O4S. The van der Waals surface area contributed by atoms with E-state index in [0.717, 1.165) is 5.56 Å². The van der Waals surface area contributed by atoms with Crippen LogP contribution in [0.2, 0.25) is 5.02 Å². The molecule has 2 heterocycles. The number of rotatable bonds is 8. The third kappa shape index (κ3) is 5.18. The Labute approximate surface area is 209 Å². The van der Waals surface area contributed by atoms with E-state index >= 15 is 0 Å². The number of carbonyl (C=O) groups excluding carboxylic acids is 1. The molecule has 1 amide bonds. The molecule has 3 N–H and O–H groups in total. The molecule has 0 saturated carbocycles. The lowest BCUT2D eigenvalue weighted by molar-refractivity contribution is 0.0965. The van der Waals surface area contributed by atoms with Crippen LogP contribution in [0.15, 0.2) is 47.5 Å². The maximum Gasteiger partial charge on any atom is 0.251 e. The molecule has 0 spiro atoms. The van der Waals surface area contributed by atoms with Crippen LogP contribution >= 0.6 is 11.6 Å². The minimum Gasteiger partial charge on any atom is -0.489 e. The maximum atomic E-state index is 12.8. The molecule has 3 aromatic rings. The summed E-state index contributed by atoms with van der Waals surface area (Å²) in [4.78, 5) is 21.0. The number of halogens is 1. The topological polar surface area (TPSA) is 122 Å². The van der Waals surface area contributed by atoms with Crippen LogP contribution in [0, 0.1) is 0 Å². The Kier molecular flexibility index (Phi) is 6.86. The van der Waals surface area contributed by atoms with Crippen molar-refractivity contribution >= 4 is 50.5 Å². The predicted octanol–water partition coefficient (Wildman–Crippen LogP) is 4.83.